The molecule has 0 spiro atoms. The molecule has 7 heteroatoms. The third-order valence-corrected chi connectivity index (χ3v) is 5.39. The van der Waals surface area contributed by atoms with Crippen LogP contribution in [0.1, 0.15) is 18.5 Å². The summed E-state index contributed by atoms with van der Waals surface area (Å²) in [7, 11) is -3.41. The average Bonchev–Trinajstić information content (AvgIpc) is 2.96. The third kappa shape index (κ3) is 1.97. The van der Waals surface area contributed by atoms with Crippen LogP contribution < -0.4 is 5.73 Å². The molecule has 2 unspecified atom stereocenters. The molecule has 2 aliphatic rings. The minimum atomic E-state index is -3.41. The zero-order chi connectivity index (χ0) is 12.8. The molecule has 18 heavy (non-hydrogen) atoms. The summed E-state index contributed by atoms with van der Waals surface area (Å²) < 4.78 is 32.1. The molecule has 2 aliphatic heterocycles. The van der Waals surface area contributed by atoms with Crippen molar-refractivity contribution in [2.24, 2.45) is 5.73 Å². The first-order chi connectivity index (χ1) is 8.59. The molecule has 0 radical (unpaired) electrons. The van der Waals surface area contributed by atoms with Gasteiger partial charge in [-0.1, -0.05) is 0 Å². The van der Waals surface area contributed by atoms with Crippen molar-refractivity contribution in [2.75, 3.05) is 13.1 Å². The lowest BCUT2D eigenvalue weighted by Crippen LogP contribution is -2.45. The molecule has 3 N–H and O–H groups in total. The first-order valence-corrected chi connectivity index (χ1v) is 7.56. The molecule has 6 nitrogen and oxygen atoms in total. The fraction of sp³-hybridized carbons (Fsp3) is 0.636. The number of ether oxygens (including phenoxy) is 1. The fourth-order valence-electron chi connectivity index (χ4n) is 2.61. The molecule has 2 fully saturated rings. The van der Waals surface area contributed by atoms with Crippen molar-refractivity contribution >= 4 is 10.0 Å². The number of morpholine rings is 1. The highest BCUT2D eigenvalue weighted by molar-refractivity contribution is 7.89. The van der Waals surface area contributed by atoms with Gasteiger partial charge in [-0.05, 0) is 18.9 Å². The molecule has 0 aliphatic carbocycles. The lowest BCUT2D eigenvalue weighted by Gasteiger charge is -2.30. The molecule has 1 aromatic heterocycles. The van der Waals surface area contributed by atoms with Gasteiger partial charge in [0.05, 0.1) is 17.1 Å². The normalized spacial score (nSPS) is 28.7. The SMILES string of the molecule is NCc1cc(S(=O)(=O)N2CC3CCC(C2)O3)c[nH]1. The van der Waals surface area contributed by atoms with E-state index in [1.807, 2.05) is 0 Å². The van der Waals surface area contributed by atoms with Crippen molar-refractivity contribution in [1.29, 1.82) is 0 Å². The molecule has 0 saturated carbocycles. The van der Waals surface area contributed by atoms with E-state index in [-0.39, 0.29) is 12.2 Å². The van der Waals surface area contributed by atoms with Gasteiger partial charge in [0.2, 0.25) is 10.0 Å². The van der Waals surface area contributed by atoms with Gasteiger partial charge in [-0.25, -0.2) is 8.42 Å². The Hall–Kier alpha value is -0.890. The van der Waals surface area contributed by atoms with Gasteiger partial charge in [0.25, 0.3) is 0 Å². The van der Waals surface area contributed by atoms with E-state index in [1.165, 1.54) is 10.5 Å². The summed E-state index contributed by atoms with van der Waals surface area (Å²) in [6, 6.07) is 1.60. The Kier molecular flexibility index (Phi) is 2.93. The molecular weight excluding hydrogens is 254 g/mol. The van der Waals surface area contributed by atoms with Crippen LogP contribution in [-0.2, 0) is 21.3 Å². The van der Waals surface area contributed by atoms with E-state index in [4.69, 9.17) is 10.5 Å². The molecular formula is C11H17N3O3S. The molecule has 2 saturated heterocycles. The molecule has 3 heterocycles. The highest BCUT2D eigenvalue weighted by atomic mass is 32.2. The summed E-state index contributed by atoms with van der Waals surface area (Å²) in [5.74, 6) is 0. The van der Waals surface area contributed by atoms with E-state index in [2.05, 4.69) is 4.98 Å². The largest absolute Gasteiger partial charge is 0.372 e. The van der Waals surface area contributed by atoms with E-state index in [9.17, 15) is 8.42 Å². The van der Waals surface area contributed by atoms with E-state index in [0.29, 0.717) is 24.5 Å². The Labute approximate surface area is 106 Å². The maximum absolute atomic E-state index is 12.4. The fourth-order valence-corrected chi connectivity index (χ4v) is 4.13. The summed E-state index contributed by atoms with van der Waals surface area (Å²) in [6.07, 6.45) is 3.54. The van der Waals surface area contributed by atoms with Crippen molar-refractivity contribution in [3.05, 3.63) is 18.0 Å². The highest BCUT2D eigenvalue weighted by Gasteiger charge is 2.39. The van der Waals surface area contributed by atoms with Crippen LogP contribution in [0.25, 0.3) is 0 Å². The van der Waals surface area contributed by atoms with Crippen LogP contribution >= 0.6 is 0 Å². The second kappa shape index (κ2) is 4.34. The number of rotatable bonds is 3. The summed E-state index contributed by atoms with van der Waals surface area (Å²) >= 11 is 0. The lowest BCUT2D eigenvalue weighted by atomic mass is 10.2. The molecule has 100 valence electrons. The topological polar surface area (TPSA) is 88.4 Å². The predicted molar refractivity (Wildman–Crippen MR) is 65.3 cm³/mol. The number of hydrogen-bond donors (Lipinski definition) is 2. The third-order valence-electron chi connectivity index (χ3n) is 3.58. The van der Waals surface area contributed by atoms with Crippen LogP contribution in [0.3, 0.4) is 0 Å². The maximum Gasteiger partial charge on any atom is 0.244 e. The second-order valence-electron chi connectivity index (χ2n) is 4.84. The van der Waals surface area contributed by atoms with Crippen molar-refractivity contribution in [2.45, 2.75) is 36.5 Å². The monoisotopic (exact) mass is 271 g/mol. The Balaban J connectivity index is 1.86. The quantitative estimate of drug-likeness (QED) is 0.811. The number of hydrogen-bond acceptors (Lipinski definition) is 4. The van der Waals surface area contributed by atoms with Gasteiger partial charge in [-0.3, -0.25) is 0 Å². The van der Waals surface area contributed by atoms with Crippen molar-refractivity contribution in [3.63, 3.8) is 0 Å². The number of sulfonamides is 1. The number of fused-ring (bicyclic) bond motifs is 2. The molecule has 3 rings (SSSR count). The predicted octanol–water partition coefficient (Wildman–Crippen LogP) is 0.0253. The smallest absolute Gasteiger partial charge is 0.244 e. The molecule has 2 atom stereocenters. The molecule has 0 amide bonds. The molecule has 1 aromatic rings. The number of nitrogens with two attached hydrogens (primary N) is 1. The Morgan fingerprint density at radius 1 is 1.39 bits per heavy atom. The van der Waals surface area contributed by atoms with Gasteiger partial charge in [0.1, 0.15) is 0 Å². The number of aromatic amines is 1. The van der Waals surface area contributed by atoms with Crippen LogP contribution in [0.5, 0.6) is 0 Å². The highest BCUT2D eigenvalue weighted by Crippen LogP contribution is 2.29. The van der Waals surface area contributed by atoms with Gasteiger partial charge in [-0.15, -0.1) is 0 Å². The van der Waals surface area contributed by atoms with E-state index in [1.54, 1.807) is 6.07 Å². The van der Waals surface area contributed by atoms with Gasteiger partial charge in [0.15, 0.2) is 0 Å². The summed E-state index contributed by atoms with van der Waals surface area (Å²) in [4.78, 5) is 3.17. The number of aromatic nitrogens is 1. The zero-order valence-corrected chi connectivity index (χ0v) is 10.8. The lowest BCUT2D eigenvalue weighted by molar-refractivity contribution is -0.0114. The van der Waals surface area contributed by atoms with Crippen LogP contribution in [0.4, 0.5) is 0 Å². The zero-order valence-electron chi connectivity index (χ0n) is 10.0. The first-order valence-electron chi connectivity index (χ1n) is 6.12. The number of nitrogens with one attached hydrogen (secondary N) is 1. The average molecular weight is 271 g/mol. The Morgan fingerprint density at radius 2 is 2.06 bits per heavy atom. The van der Waals surface area contributed by atoms with Crippen molar-refractivity contribution < 1.29 is 13.2 Å². The van der Waals surface area contributed by atoms with Crippen LogP contribution in [0, 0.1) is 0 Å². The summed E-state index contributed by atoms with van der Waals surface area (Å²) in [6.45, 7) is 1.23. The Morgan fingerprint density at radius 3 is 2.61 bits per heavy atom. The van der Waals surface area contributed by atoms with Crippen LogP contribution in [0.15, 0.2) is 17.2 Å². The minimum Gasteiger partial charge on any atom is -0.372 e. The van der Waals surface area contributed by atoms with Crippen LogP contribution in [0.2, 0.25) is 0 Å². The maximum atomic E-state index is 12.4. The van der Waals surface area contributed by atoms with Crippen LogP contribution in [-0.4, -0.2) is 43.0 Å². The van der Waals surface area contributed by atoms with Gasteiger partial charge >= 0.3 is 0 Å². The molecule has 0 aromatic carbocycles. The Bertz CT molecular complexity index is 527. The first kappa shape index (κ1) is 12.2. The van der Waals surface area contributed by atoms with Gasteiger partial charge in [0, 0.05) is 31.5 Å². The van der Waals surface area contributed by atoms with Gasteiger partial charge < -0.3 is 15.5 Å². The van der Waals surface area contributed by atoms with Gasteiger partial charge in [-0.2, -0.15) is 4.31 Å². The van der Waals surface area contributed by atoms with E-state index in [0.717, 1.165) is 18.5 Å². The van der Waals surface area contributed by atoms with Crippen molar-refractivity contribution in [3.8, 4) is 0 Å². The van der Waals surface area contributed by atoms with E-state index < -0.39 is 10.0 Å². The summed E-state index contributed by atoms with van der Waals surface area (Å²) in [5, 5.41) is 0. The van der Waals surface area contributed by atoms with E-state index >= 15 is 0 Å². The number of H-pyrrole nitrogens is 1. The van der Waals surface area contributed by atoms with Crippen molar-refractivity contribution in [1.82, 2.24) is 9.29 Å². The molecule has 2 bridgehead atoms. The second-order valence-corrected chi connectivity index (χ2v) is 6.78. The number of nitrogens with zero attached hydrogens (tertiary/aromatic N) is 1. The standard InChI is InChI=1S/C11H17N3O3S/c12-4-8-3-11(5-13-8)18(15,16)14-6-9-1-2-10(7-14)17-9/h3,5,9-10,13H,1-2,4,6-7,12H2. The summed E-state index contributed by atoms with van der Waals surface area (Å²) in [5.41, 5.74) is 6.21. The minimum absolute atomic E-state index is 0.0615.